The largest absolute Gasteiger partial charge is 0.379 e. The van der Waals surface area contributed by atoms with Crippen molar-refractivity contribution in [3.63, 3.8) is 0 Å². The number of nitrogens with one attached hydrogen (secondary N) is 1. The molecule has 1 aromatic heterocycles. The average molecular weight is 319 g/mol. The van der Waals surface area contributed by atoms with Crippen LogP contribution in [0.1, 0.15) is 5.69 Å². The summed E-state index contributed by atoms with van der Waals surface area (Å²) in [6.45, 7) is 0.759. The maximum Gasteiger partial charge on any atom is 0.0795 e. The fraction of sp³-hybridized carbons (Fsp3) is 0.0714. The van der Waals surface area contributed by atoms with E-state index in [1.807, 2.05) is 5.51 Å². The molecule has 3 aromatic rings. The molecular formula is C14H11BrN2S. The average Bonchev–Trinajstić information content (AvgIpc) is 2.92. The first-order chi connectivity index (χ1) is 8.84. The van der Waals surface area contributed by atoms with Crippen LogP contribution in [0.2, 0.25) is 0 Å². The highest BCUT2D eigenvalue weighted by Gasteiger charge is 2.04. The van der Waals surface area contributed by atoms with E-state index in [0.717, 1.165) is 22.4 Å². The fourth-order valence-electron chi connectivity index (χ4n) is 1.93. The first-order valence-corrected chi connectivity index (χ1v) is 7.36. The molecule has 1 heterocycles. The van der Waals surface area contributed by atoms with Gasteiger partial charge in [0.25, 0.3) is 0 Å². The predicted molar refractivity (Wildman–Crippen MR) is 81.1 cm³/mol. The molecule has 0 fully saturated rings. The fourth-order valence-corrected chi connectivity index (χ4v) is 2.96. The molecule has 0 aliphatic heterocycles. The molecule has 3 rings (SSSR count). The second-order valence-corrected chi connectivity index (χ2v) is 5.55. The summed E-state index contributed by atoms with van der Waals surface area (Å²) < 4.78 is 1.12. The molecule has 0 atom stereocenters. The molecule has 18 heavy (non-hydrogen) atoms. The van der Waals surface area contributed by atoms with E-state index >= 15 is 0 Å². The lowest BCUT2D eigenvalue weighted by Gasteiger charge is -2.09. The molecule has 0 unspecified atom stereocenters. The summed E-state index contributed by atoms with van der Waals surface area (Å²) in [6.07, 6.45) is 0. The zero-order chi connectivity index (χ0) is 12.4. The van der Waals surface area contributed by atoms with Crippen LogP contribution in [-0.2, 0) is 6.54 Å². The van der Waals surface area contributed by atoms with Gasteiger partial charge >= 0.3 is 0 Å². The van der Waals surface area contributed by atoms with E-state index in [4.69, 9.17) is 0 Å². The number of hydrogen-bond acceptors (Lipinski definition) is 3. The van der Waals surface area contributed by atoms with E-state index in [1.165, 1.54) is 10.8 Å². The summed E-state index contributed by atoms with van der Waals surface area (Å²) in [5, 5.41) is 7.95. The molecule has 0 saturated carbocycles. The smallest absolute Gasteiger partial charge is 0.0795 e. The van der Waals surface area contributed by atoms with Gasteiger partial charge in [-0.3, -0.25) is 0 Å². The summed E-state index contributed by atoms with van der Waals surface area (Å²) in [6, 6.07) is 12.5. The van der Waals surface area contributed by atoms with Crippen molar-refractivity contribution in [1.29, 1.82) is 0 Å². The van der Waals surface area contributed by atoms with Crippen LogP contribution in [0.5, 0.6) is 0 Å². The number of halogens is 1. The number of anilines is 1. The van der Waals surface area contributed by atoms with Gasteiger partial charge in [-0.05, 0) is 17.5 Å². The van der Waals surface area contributed by atoms with E-state index in [1.54, 1.807) is 11.3 Å². The maximum absolute atomic E-state index is 4.28. The van der Waals surface area contributed by atoms with Crippen molar-refractivity contribution < 1.29 is 0 Å². The van der Waals surface area contributed by atoms with Crippen LogP contribution in [0.25, 0.3) is 10.8 Å². The number of rotatable bonds is 3. The standard InChI is InChI=1S/C14H11BrN2S/c15-13-5-6-14(12-4-2-1-3-11(12)13)16-7-10-8-18-9-17-10/h1-6,8-9,16H,7H2. The predicted octanol–water partition coefficient (Wildman–Crippen LogP) is 4.67. The van der Waals surface area contributed by atoms with Gasteiger partial charge in [-0.1, -0.05) is 40.2 Å². The number of fused-ring (bicyclic) bond motifs is 1. The van der Waals surface area contributed by atoms with Gasteiger partial charge in [0.05, 0.1) is 17.7 Å². The monoisotopic (exact) mass is 318 g/mol. The van der Waals surface area contributed by atoms with Crippen LogP contribution in [0.4, 0.5) is 5.69 Å². The molecule has 90 valence electrons. The Labute approximate surface area is 118 Å². The quantitative estimate of drug-likeness (QED) is 0.759. The molecule has 1 N–H and O–H groups in total. The Morgan fingerprint density at radius 1 is 1.11 bits per heavy atom. The van der Waals surface area contributed by atoms with Crippen molar-refractivity contribution >= 4 is 43.7 Å². The second-order valence-electron chi connectivity index (χ2n) is 3.97. The van der Waals surface area contributed by atoms with Crippen LogP contribution in [0, 0.1) is 0 Å². The molecule has 2 nitrogen and oxygen atoms in total. The van der Waals surface area contributed by atoms with Gasteiger partial charge in [0.15, 0.2) is 0 Å². The van der Waals surface area contributed by atoms with E-state index < -0.39 is 0 Å². The van der Waals surface area contributed by atoms with Gasteiger partial charge in [0.2, 0.25) is 0 Å². The minimum atomic E-state index is 0.759. The SMILES string of the molecule is Brc1ccc(NCc2cscn2)c2ccccc12. The highest BCUT2D eigenvalue weighted by molar-refractivity contribution is 9.10. The molecule has 0 aliphatic carbocycles. The molecule has 0 radical (unpaired) electrons. The van der Waals surface area contributed by atoms with Gasteiger partial charge in [-0.25, -0.2) is 4.98 Å². The molecule has 0 spiro atoms. The Hall–Kier alpha value is -1.39. The van der Waals surface area contributed by atoms with Gasteiger partial charge in [0.1, 0.15) is 0 Å². The van der Waals surface area contributed by atoms with Crippen molar-refractivity contribution in [1.82, 2.24) is 4.98 Å². The highest BCUT2D eigenvalue weighted by atomic mass is 79.9. The normalized spacial score (nSPS) is 10.7. The summed E-state index contributed by atoms with van der Waals surface area (Å²) in [5.74, 6) is 0. The van der Waals surface area contributed by atoms with E-state index in [-0.39, 0.29) is 0 Å². The molecule has 0 aliphatic rings. The summed E-state index contributed by atoms with van der Waals surface area (Å²) >= 11 is 5.20. The number of aromatic nitrogens is 1. The molecule has 0 bridgehead atoms. The Kier molecular flexibility index (Phi) is 3.30. The third kappa shape index (κ3) is 2.26. The third-order valence-corrected chi connectivity index (χ3v) is 4.14. The number of hydrogen-bond donors (Lipinski definition) is 1. The zero-order valence-corrected chi connectivity index (χ0v) is 12.0. The summed E-state index contributed by atoms with van der Waals surface area (Å²) in [7, 11) is 0. The highest BCUT2D eigenvalue weighted by Crippen LogP contribution is 2.30. The van der Waals surface area contributed by atoms with Crippen molar-refractivity contribution in [2.24, 2.45) is 0 Å². The summed E-state index contributed by atoms with van der Waals surface area (Å²) in [4.78, 5) is 4.28. The van der Waals surface area contributed by atoms with Crippen LogP contribution in [-0.4, -0.2) is 4.98 Å². The van der Waals surface area contributed by atoms with E-state index in [0.29, 0.717) is 0 Å². The van der Waals surface area contributed by atoms with Crippen molar-refractivity contribution in [2.45, 2.75) is 6.54 Å². The Bertz CT molecular complexity index is 665. The lowest BCUT2D eigenvalue weighted by atomic mass is 10.1. The van der Waals surface area contributed by atoms with Crippen molar-refractivity contribution in [3.05, 3.63) is 57.5 Å². The van der Waals surface area contributed by atoms with Gasteiger partial charge in [-0.15, -0.1) is 11.3 Å². The first kappa shape index (κ1) is 11.7. The Morgan fingerprint density at radius 2 is 1.94 bits per heavy atom. The minimum Gasteiger partial charge on any atom is -0.379 e. The van der Waals surface area contributed by atoms with Crippen LogP contribution in [0.15, 0.2) is 51.8 Å². The van der Waals surface area contributed by atoms with Crippen LogP contribution >= 0.6 is 27.3 Å². The van der Waals surface area contributed by atoms with Gasteiger partial charge in [0, 0.05) is 20.9 Å². The van der Waals surface area contributed by atoms with Crippen molar-refractivity contribution in [2.75, 3.05) is 5.32 Å². The van der Waals surface area contributed by atoms with Crippen LogP contribution in [0.3, 0.4) is 0 Å². The molecule has 2 aromatic carbocycles. The summed E-state index contributed by atoms with van der Waals surface area (Å²) in [5.41, 5.74) is 4.07. The third-order valence-electron chi connectivity index (χ3n) is 2.81. The molecular weight excluding hydrogens is 308 g/mol. The minimum absolute atomic E-state index is 0.759. The second kappa shape index (κ2) is 5.08. The van der Waals surface area contributed by atoms with Gasteiger partial charge in [-0.2, -0.15) is 0 Å². The number of thiazole rings is 1. The number of benzene rings is 2. The Morgan fingerprint density at radius 3 is 2.72 bits per heavy atom. The van der Waals surface area contributed by atoms with Crippen molar-refractivity contribution in [3.8, 4) is 0 Å². The van der Waals surface area contributed by atoms with E-state index in [9.17, 15) is 0 Å². The maximum atomic E-state index is 4.28. The molecule has 0 saturated heterocycles. The number of nitrogens with zero attached hydrogens (tertiary/aromatic N) is 1. The first-order valence-electron chi connectivity index (χ1n) is 5.63. The Balaban J connectivity index is 1.94. The van der Waals surface area contributed by atoms with E-state index in [2.05, 4.69) is 68.0 Å². The lowest BCUT2D eigenvalue weighted by molar-refractivity contribution is 1.08. The van der Waals surface area contributed by atoms with Crippen LogP contribution < -0.4 is 5.32 Å². The van der Waals surface area contributed by atoms with Gasteiger partial charge < -0.3 is 5.32 Å². The zero-order valence-electron chi connectivity index (χ0n) is 9.56. The lowest BCUT2D eigenvalue weighted by Crippen LogP contribution is -2.00. The molecule has 4 heteroatoms. The molecule has 0 amide bonds. The topological polar surface area (TPSA) is 24.9 Å².